The Hall–Kier alpha value is -0.300. The van der Waals surface area contributed by atoms with Crippen LogP contribution in [0.5, 0.6) is 0 Å². The van der Waals surface area contributed by atoms with Crippen molar-refractivity contribution in [2.75, 3.05) is 7.05 Å². The summed E-state index contributed by atoms with van der Waals surface area (Å²) in [5.41, 5.74) is 1.71. The fourth-order valence-corrected chi connectivity index (χ4v) is 3.17. The highest BCUT2D eigenvalue weighted by molar-refractivity contribution is 5.16. The van der Waals surface area contributed by atoms with E-state index >= 15 is 0 Å². The fourth-order valence-electron chi connectivity index (χ4n) is 3.17. The highest BCUT2D eigenvalue weighted by atomic mass is 14.9. The quantitative estimate of drug-likeness (QED) is 0.678. The van der Waals surface area contributed by atoms with Gasteiger partial charge >= 0.3 is 0 Å². The van der Waals surface area contributed by atoms with Crippen LogP contribution in [0.3, 0.4) is 0 Å². The normalized spacial score (nSPS) is 26.2. The smallest absolute Gasteiger partial charge is 0.0305 e. The summed E-state index contributed by atoms with van der Waals surface area (Å²) in [5.74, 6) is 0.929. The van der Waals surface area contributed by atoms with Gasteiger partial charge in [-0.2, -0.15) is 0 Å². The lowest BCUT2D eigenvalue weighted by molar-refractivity contribution is 0.299. The van der Waals surface area contributed by atoms with Gasteiger partial charge in [0.15, 0.2) is 0 Å². The van der Waals surface area contributed by atoms with Gasteiger partial charge in [-0.3, -0.25) is 0 Å². The van der Waals surface area contributed by atoms with Crippen LogP contribution in [-0.4, -0.2) is 13.1 Å². The molecule has 1 nitrogen and oxygen atoms in total. The molecule has 0 radical (unpaired) electrons. The summed E-state index contributed by atoms with van der Waals surface area (Å²) in [5, 5.41) is 3.55. The number of nitrogens with one attached hydrogen (secondary N) is 1. The van der Waals surface area contributed by atoms with E-state index in [-0.39, 0.29) is 0 Å². The second-order valence-corrected chi connectivity index (χ2v) is 4.84. The van der Waals surface area contributed by atoms with Gasteiger partial charge in [-0.05, 0) is 45.1 Å². The molecule has 0 aromatic carbocycles. The van der Waals surface area contributed by atoms with Crippen LogP contribution in [-0.2, 0) is 0 Å². The highest BCUT2D eigenvalue weighted by Gasteiger charge is 2.25. The number of hydrogen-bond acceptors (Lipinski definition) is 1. The van der Waals surface area contributed by atoms with Gasteiger partial charge in [-0.25, -0.2) is 0 Å². The van der Waals surface area contributed by atoms with Gasteiger partial charge in [-0.1, -0.05) is 30.9 Å². The minimum atomic E-state index is 0.706. The molecule has 1 saturated carbocycles. The summed E-state index contributed by atoms with van der Waals surface area (Å²) in [6.07, 6.45) is 13.8. The van der Waals surface area contributed by atoms with Crippen molar-refractivity contribution in [2.24, 2.45) is 5.92 Å². The van der Waals surface area contributed by atoms with Crippen molar-refractivity contribution in [3.63, 3.8) is 0 Å². The zero-order valence-corrected chi connectivity index (χ0v) is 9.39. The van der Waals surface area contributed by atoms with Gasteiger partial charge in [0.25, 0.3) is 0 Å². The van der Waals surface area contributed by atoms with Gasteiger partial charge in [0.1, 0.15) is 0 Å². The average molecular weight is 193 g/mol. The van der Waals surface area contributed by atoms with Crippen LogP contribution in [0.1, 0.15) is 51.4 Å². The molecule has 2 aliphatic carbocycles. The molecule has 0 saturated heterocycles. The van der Waals surface area contributed by atoms with Crippen LogP contribution in [0.15, 0.2) is 11.6 Å². The highest BCUT2D eigenvalue weighted by Crippen LogP contribution is 2.32. The van der Waals surface area contributed by atoms with Gasteiger partial charge in [0.2, 0.25) is 0 Å². The Morgan fingerprint density at radius 1 is 1.21 bits per heavy atom. The van der Waals surface area contributed by atoms with E-state index in [1.807, 2.05) is 0 Å². The second kappa shape index (κ2) is 4.97. The molecule has 1 heteroatoms. The molecule has 14 heavy (non-hydrogen) atoms. The molecule has 80 valence electrons. The molecular weight excluding hydrogens is 170 g/mol. The molecular formula is C13H23N. The van der Waals surface area contributed by atoms with E-state index in [1.165, 1.54) is 51.4 Å². The third-order valence-electron chi connectivity index (χ3n) is 3.91. The molecule has 2 aliphatic rings. The lowest BCUT2D eigenvalue weighted by Gasteiger charge is -2.31. The maximum atomic E-state index is 3.55. The van der Waals surface area contributed by atoms with E-state index in [9.17, 15) is 0 Å². The predicted molar refractivity (Wildman–Crippen MR) is 61.4 cm³/mol. The topological polar surface area (TPSA) is 12.0 Å². The third kappa shape index (κ3) is 2.20. The predicted octanol–water partition coefficient (Wildman–Crippen LogP) is 3.27. The Bertz CT molecular complexity index is 201. The molecule has 0 aromatic heterocycles. The first-order valence-electron chi connectivity index (χ1n) is 6.28. The molecule has 0 amide bonds. The van der Waals surface area contributed by atoms with Gasteiger partial charge < -0.3 is 5.32 Å². The van der Waals surface area contributed by atoms with Crippen LogP contribution in [0.4, 0.5) is 0 Å². The summed E-state index contributed by atoms with van der Waals surface area (Å²) in [7, 11) is 2.14. The Balaban J connectivity index is 1.96. The average Bonchev–Trinajstić information content (AvgIpc) is 2.74. The van der Waals surface area contributed by atoms with Crippen molar-refractivity contribution in [3.8, 4) is 0 Å². The number of rotatable bonds is 3. The summed E-state index contributed by atoms with van der Waals surface area (Å²) in [4.78, 5) is 0. The molecule has 1 fully saturated rings. The summed E-state index contributed by atoms with van der Waals surface area (Å²) in [6, 6.07) is 0.706. The lowest BCUT2D eigenvalue weighted by Crippen LogP contribution is -2.36. The SMILES string of the molecule is CNC(C1=CCCC1)C1CCCCC1. The number of hydrogen-bond donors (Lipinski definition) is 1. The first kappa shape index (κ1) is 10.2. The minimum absolute atomic E-state index is 0.706. The van der Waals surface area contributed by atoms with E-state index in [0.29, 0.717) is 6.04 Å². The Kier molecular flexibility index (Phi) is 3.63. The first-order valence-corrected chi connectivity index (χ1v) is 6.28. The molecule has 0 bridgehead atoms. The largest absolute Gasteiger partial charge is 0.313 e. The molecule has 0 aromatic rings. The molecule has 2 rings (SSSR count). The van der Waals surface area contributed by atoms with Crippen molar-refractivity contribution in [2.45, 2.75) is 57.4 Å². The minimum Gasteiger partial charge on any atom is -0.313 e. The van der Waals surface area contributed by atoms with E-state index in [0.717, 1.165) is 5.92 Å². The fraction of sp³-hybridized carbons (Fsp3) is 0.846. The molecule has 0 heterocycles. The Labute approximate surface area is 88.0 Å². The van der Waals surface area contributed by atoms with Crippen molar-refractivity contribution in [1.82, 2.24) is 5.32 Å². The van der Waals surface area contributed by atoms with Gasteiger partial charge in [0.05, 0.1) is 0 Å². The number of likely N-dealkylation sites (N-methyl/N-ethyl adjacent to an activating group) is 1. The first-order chi connectivity index (χ1) is 6.92. The molecule has 1 unspecified atom stereocenters. The summed E-state index contributed by atoms with van der Waals surface area (Å²) in [6.45, 7) is 0. The van der Waals surface area contributed by atoms with Crippen LogP contribution < -0.4 is 5.32 Å². The van der Waals surface area contributed by atoms with E-state index < -0.39 is 0 Å². The monoisotopic (exact) mass is 193 g/mol. The van der Waals surface area contributed by atoms with Crippen LogP contribution in [0, 0.1) is 5.92 Å². The van der Waals surface area contributed by atoms with Crippen LogP contribution in [0.2, 0.25) is 0 Å². The maximum absolute atomic E-state index is 3.55. The number of allylic oxidation sites excluding steroid dienone is 1. The van der Waals surface area contributed by atoms with Crippen molar-refractivity contribution >= 4 is 0 Å². The van der Waals surface area contributed by atoms with E-state index in [2.05, 4.69) is 18.4 Å². The van der Waals surface area contributed by atoms with Gasteiger partial charge in [-0.15, -0.1) is 0 Å². The van der Waals surface area contributed by atoms with Gasteiger partial charge in [0, 0.05) is 6.04 Å². The summed E-state index contributed by atoms with van der Waals surface area (Å²) < 4.78 is 0. The summed E-state index contributed by atoms with van der Waals surface area (Å²) >= 11 is 0. The molecule has 1 atom stereocenters. The maximum Gasteiger partial charge on any atom is 0.0305 e. The lowest BCUT2D eigenvalue weighted by atomic mass is 9.81. The van der Waals surface area contributed by atoms with E-state index in [4.69, 9.17) is 0 Å². The third-order valence-corrected chi connectivity index (χ3v) is 3.91. The zero-order valence-electron chi connectivity index (χ0n) is 9.39. The molecule has 1 N–H and O–H groups in total. The standard InChI is InChI=1S/C13H23N/c1-14-13(12-9-5-6-10-12)11-7-3-2-4-8-11/h9,11,13-14H,2-8,10H2,1H3. The van der Waals surface area contributed by atoms with E-state index in [1.54, 1.807) is 5.57 Å². The Morgan fingerprint density at radius 3 is 2.57 bits per heavy atom. The Morgan fingerprint density at radius 2 is 2.00 bits per heavy atom. The molecule has 0 spiro atoms. The molecule has 0 aliphatic heterocycles. The van der Waals surface area contributed by atoms with Crippen LogP contribution >= 0.6 is 0 Å². The second-order valence-electron chi connectivity index (χ2n) is 4.84. The van der Waals surface area contributed by atoms with Crippen LogP contribution in [0.25, 0.3) is 0 Å². The van der Waals surface area contributed by atoms with Crippen molar-refractivity contribution < 1.29 is 0 Å². The van der Waals surface area contributed by atoms with Crippen molar-refractivity contribution in [1.29, 1.82) is 0 Å². The van der Waals surface area contributed by atoms with Crippen molar-refractivity contribution in [3.05, 3.63) is 11.6 Å². The zero-order chi connectivity index (χ0) is 9.80.